The second-order valence-corrected chi connectivity index (χ2v) is 3.96. The standard InChI is InChI=1S/C11H20N6O/c1-5-8-14-10(16-12)7(2)11(15-8)17(4)6-9(18)13-3/h5-6,12H2,1-4H3,(H,13,18)(H,14,15,16). The van der Waals surface area contributed by atoms with Crippen LogP contribution in [0.1, 0.15) is 18.3 Å². The summed E-state index contributed by atoms with van der Waals surface area (Å²) in [5, 5.41) is 2.58. The Labute approximate surface area is 107 Å². The molecule has 4 N–H and O–H groups in total. The molecule has 1 aromatic rings. The van der Waals surface area contributed by atoms with E-state index in [1.807, 2.05) is 20.9 Å². The molecule has 1 rings (SSSR count). The van der Waals surface area contributed by atoms with Crippen molar-refractivity contribution in [1.82, 2.24) is 15.3 Å². The van der Waals surface area contributed by atoms with Crippen LogP contribution >= 0.6 is 0 Å². The predicted molar refractivity (Wildman–Crippen MR) is 71.3 cm³/mol. The first-order valence-electron chi connectivity index (χ1n) is 5.79. The molecule has 0 aliphatic rings. The Hall–Kier alpha value is -1.89. The lowest BCUT2D eigenvalue weighted by Gasteiger charge is -2.21. The zero-order chi connectivity index (χ0) is 13.7. The van der Waals surface area contributed by atoms with Crippen molar-refractivity contribution in [1.29, 1.82) is 0 Å². The number of nitrogens with one attached hydrogen (secondary N) is 2. The second-order valence-electron chi connectivity index (χ2n) is 3.96. The molecule has 0 fully saturated rings. The predicted octanol–water partition coefficient (Wildman–Crippen LogP) is -0.185. The third-order valence-corrected chi connectivity index (χ3v) is 2.64. The average molecular weight is 252 g/mol. The van der Waals surface area contributed by atoms with E-state index in [0.717, 1.165) is 5.56 Å². The largest absolute Gasteiger partial charge is 0.358 e. The third-order valence-electron chi connectivity index (χ3n) is 2.64. The van der Waals surface area contributed by atoms with E-state index in [1.54, 1.807) is 11.9 Å². The summed E-state index contributed by atoms with van der Waals surface area (Å²) in [6, 6.07) is 0. The maximum atomic E-state index is 11.4. The molecule has 1 heterocycles. The Bertz CT molecular complexity index is 434. The summed E-state index contributed by atoms with van der Waals surface area (Å²) in [4.78, 5) is 21.9. The van der Waals surface area contributed by atoms with Gasteiger partial charge < -0.3 is 15.6 Å². The van der Waals surface area contributed by atoms with E-state index < -0.39 is 0 Å². The van der Waals surface area contributed by atoms with Crippen molar-refractivity contribution < 1.29 is 4.79 Å². The highest BCUT2D eigenvalue weighted by Gasteiger charge is 2.14. The molecule has 0 saturated carbocycles. The Morgan fingerprint density at radius 1 is 1.44 bits per heavy atom. The van der Waals surface area contributed by atoms with Crippen molar-refractivity contribution in [2.75, 3.05) is 31.0 Å². The molecule has 7 heteroatoms. The molecule has 100 valence electrons. The van der Waals surface area contributed by atoms with Crippen LogP contribution in [0.3, 0.4) is 0 Å². The van der Waals surface area contributed by atoms with Gasteiger partial charge in [-0.25, -0.2) is 15.8 Å². The zero-order valence-electron chi connectivity index (χ0n) is 11.2. The fourth-order valence-electron chi connectivity index (χ4n) is 1.59. The number of hydrazine groups is 1. The van der Waals surface area contributed by atoms with Gasteiger partial charge in [-0.15, -0.1) is 0 Å². The first kappa shape index (κ1) is 14.2. The summed E-state index contributed by atoms with van der Waals surface area (Å²) in [5.41, 5.74) is 3.37. The molecule has 0 spiro atoms. The van der Waals surface area contributed by atoms with Gasteiger partial charge in [0, 0.05) is 26.1 Å². The summed E-state index contributed by atoms with van der Waals surface area (Å²) in [7, 11) is 3.41. The monoisotopic (exact) mass is 252 g/mol. The molecule has 0 saturated heterocycles. The van der Waals surface area contributed by atoms with E-state index >= 15 is 0 Å². The number of carbonyl (C=O) groups is 1. The number of hydrogen-bond donors (Lipinski definition) is 3. The smallest absolute Gasteiger partial charge is 0.239 e. The third kappa shape index (κ3) is 3.07. The van der Waals surface area contributed by atoms with E-state index in [1.165, 1.54) is 0 Å². The minimum absolute atomic E-state index is 0.0733. The lowest BCUT2D eigenvalue weighted by molar-refractivity contribution is -0.119. The van der Waals surface area contributed by atoms with Gasteiger partial charge in [0.1, 0.15) is 17.5 Å². The van der Waals surface area contributed by atoms with Gasteiger partial charge >= 0.3 is 0 Å². The summed E-state index contributed by atoms with van der Waals surface area (Å²) in [5.74, 6) is 7.34. The molecule has 0 aliphatic carbocycles. The van der Waals surface area contributed by atoms with Gasteiger partial charge in [0.15, 0.2) is 0 Å². The quantitative estimate of drug-likeness (QED) is 0.497. The van der Waals surface area contributed by atoms with Gasteiger partial charge in [-0.3, -0.25) is 4.79 Å². The summed E-state index contributed by atoms with van der Waals surface area (Å²) in [6.45, 7) is 4.07. The first-order chi connectivity index (χ1) is 8.53. The highest BCUT2D eigenvalue weighted by molar-refractivity contribution is 5.81. The minimum atomic E-state index is -0.0733. The van der Waals surface area contributed by atoms with E-state index in [2.05, 4.69) is 20.7 Å². The fourth-order valence-corrected chi connectivity index (χ4v) is 1.59. The van der Waals surface area contributed by atoms with Gasteiger partial charge in [0.05, 0.1) is 6.54 Å². The number of nitrogens with zero attached hydrogens (tertiary/aromatic N) is 3. The van der Waals surface area contributed by atoms with Crippen molar-refractivity contribution in [3.05, 3.63) is 11.4 Å². The molecule has 0 atom stereocenters. The number of likely N-dealkylation sites (N-methyl/N-ethyl adjacent to an activating group) is 2. The van der Waals surface area contributed by atoms with E-state index in [9.17, 15) is 4.79 Å². The lowest BCUT2D eigenvalue weighted by Crippen LogP contribution is -2.34. The van der Waals surface area contributed by atoms with Crippen LogP contribution in [-0.2, 0) is 11.2 Å². The molecule has 0 bridgehead atoms. The fraction of sp³-hybridized carbons (Fsp3) is 0.545. The van der Waals surface area contributed by atoms with Crippen LogP contribution in [0.25, 0.3) is 0 Å². The molecule has 0 aromatic carbocycles. The highest BCUT2D eigenvalue weighted by atomic mass is 16.1. The number of hydrogen-bond acceptors (Lipinski definition) is 6. The Kier molecular flexibility index (Phi) is 4.85. The van der Waals surface area contributed by atoms with Crippen LogP contribution in [0.4, 0.5) is 11.6 Å². The van der Waals surface area contributed by atoms with Crippen LogP contribution in [0.2, 0.25) is 0 Å². The molecule has 0 radical (unpaired) electrons. The van der Waals surface area contributed by atoms with Gasteiger partial charge in [-0.1, -0.05) is 6.92 Å². The number of nitrogens with two attached hydrogens (primary N) is 1. The van der Waals surface area contributed by atoms with Crippen molar-refractivity contribution in [2.24, 2.45) is 5.84 Å². The molecule has 7 nitrogen and oxygen atoms in total. The lowest BCUT2D eigenvalue weighted by atomic mass is 10.2. The Balaban J connectivity index is 3.09. The number of nitrogen functional groups attached to an aromatic ring is 1. The van der Waals surface area contributed by atoms with Crippen LogP contribution < -0.4 is 21.5 Å². The number of aryl methyl sites for hydroxylation is 1. The van der Waals surface area contributed by atoms with Gasteiger partial charge in [0.25, 0.3) is 0 Å². The second kappa shape index (κ2) is 6.15. The van der Waals surface area contributed by atoms with Crippen LogP contribution in [-0.4, -0.2) is 36.5 Å². The summed E-state index contributed by atoms with van der Waals surface area (Å²) < 4.78 is 0. The maximum absolute atomic E-state index is 11.4. The number of rotatable bonds is 5. The molecule has 0 aliphatic heterocycles. The maximum Gasteiger partial charge on any atom is 0.239 e. The zero-order valence-corrected chi connectivity index (χ0v) is 11.2. The molecule has 18 heavy (non-hydrogen) atoms. The van der Waals surface area contributed by atoms with Crippen molar-refractivity contribution in [3.8, 4) is 0 Å². The Morgan fingerprint density at radius 3 is 2.61 bits per heavy atom. The van der Waals surface area contributed by atoms with Gasteiger partial charge in [-0.2, -0.15) is 0 Å². The topological polar surface area (TPSA) is 96.2 Å². The van der Waals surface area contributed by atoms with E-state index in [0.29, 0.717) is 23.9 Å². The number of anilines is 2. The van der Waals surface area contributed by atoms with Crippen molar-refractivity contribution in [2.45, 2.75) is 20.3 Å². The van der Waals surface area contributed by atoms with E-state index in [4.69, 9.17) is 5.84 Å². The Morgan fingerprint density at radius 2 is 2.11 bits per heavy atom. The number of aromatic nitrogens is 2. The minimum Gasteiger partial charge on any atom is -0.358 e. The molecule has 1 amide bonds. The van der Waals surface area contributed by atoms with E-state index in [-0.39, 0.29) is 12.5 Å². The normalized spacial score (nSPS) is 10.1. The van der Waals surface area contributed by atoms with Crippen LogP contribution in [0.15, 0.2) is 0 Å². The molecule has 0 unspecified atom stereocenters. The SMILES string of the molecule is CCc1nc(NN)c(C)c(N(C)CC(=O)NC)n1. The first-order valence-corrected chi connectivity index (χ1v) is 5.79. The molecule has 1 aromatic heterocycles. The number of carbonyl (C=O) groups excluding carboxylic acids is 1. The average Bonchev–Trinajstić information content (AvgIpc) is 2.38. The van der Waals surface area contributed by atoms with Crippen molar-refractivity contribution in [3.63, 3.8) is 0 Å². The molecular formula is C11H20N6O. The highest BCUT2D eigenvalue weighted by Crippen LogP contribution is 2.22. The number of amides is 1. The van der Waals surface area contributed by atoms with Crippen LogP contribution in [0, 0.1) is 6.92 Å². The van der Waals surface area contributed by atoms with Crippen molar-refractivity contribution >= 4 is 17.5 Å². The van der Waals surface area contributed by atoms with Crippen LogP contribution in [0.5, 0.6) is 0 Å². The summed E-state index contributed by atoms with van der Waals surface area (Å²) >= 11 is 0. The van der Waals surface area contributed by atoms with Gasteiger partial charge in [-0.05, 0) is 6.92 Å². The molecular weight excluding hydrogens is 232 g/mol. The van der Waals surface area contributed by atoms with Gasteiger partial charge in [0.2, 0.25) is 5.91 Å². The summed E-state index contributed by atoms with van der Waals surface area (Å²) in [6.07, 6.45) is 0.704.